The molecule has 3 N–H and O–H groups in total. The summed E-state index contributed by atoms with van der Waals surface area (Å²) in [4.78, 5) is 24.8. The fourth-order valence-electron chi connectivity index (χ4n) is 4.33. The Kier molecular flexibility index (Phi) is 5.51. The van der Waals surface area contributed by atoms with E-state index in [9.17, 15) is 9.18 Å². The third kappa shape index (κ3) is 4.11. The Labute approximate surface area is 170 Å². The highest BCUT2D eigenvalue weighted by molar-refractivity contribution is 5.85. The summed E-state index contributed by atoms with van der Waals surface area (Å²) in [6.45, 7) is 4.01. The normalized spacial score (nSPS) is 22.6. The van der Waals surface area contributed by atoms with E-state index < -0.39 is 5.82 Å². The number of likely N-dealkylation sites (tertiary alicyclic amines) is 1. The van der Waals surface area contributed by atoms with Crippen LogP contribution in [0.25, 0.3) is 0 Å². The lowest BCUT2D eigenvalue weighted by atomic mass is 9.97. The molecule has 2 aromatic rings. The number of carbonyl (C=O) groups excluding carboxylic acids is 1. The van der Waals surface area contributed by atoms with Crippen LogP contribution in [0.1, 0.15) is 31.2 Å². The van der Waals surface area contributed by atoms with E-state index in [0.717, 1.165) is 43.5 Å². The molecule has 154 valence electrons. The first-order valence-electron chi connectivity index (χ1n) is 10.2. The first kappa shape index (κ1) is 19.4. The van der Waals surface area contributed by atoms with Crippen LogP contribution in [-0.4, -0.2) is 52.5 Å². The van der Waals surface area contributed by atoms with Crippen LogP contribution in [0.4, 0.5) is 21.7 Å². The molecule has 1 aromatic carbocycles. The van der Waals surface area contributed by atoms with E-state index in [2.05, 4.69) is 21.4 Å². The third-order valence-electron chi connectivity index (χ3n) is 5.77. The van der Waals surface area contributed by atoms with Crippen molar-refractivity contribution >= 4 is 23.2 Å². The van der Waals surface area contributed by atoms with Crippen molar-refractivity contribution in [3.63, 3.8) is 0 Å². The highest BCUT2D eigenvalue weighted by Crippen LogP contribution is 2.27. The van der Waals surface area contributed by atoms with Crippen LogP contribution in [-0.2, 0) is 4.79 Å². The van der Waals surface area contributed by atoms with Crippen LogP contribution in [0.3, 0.4) is 0 Å². The van der Waals surface area contributed by atoms with E-state index in [1.165, 1.54) is 6.33 Å². The van der Waals surface area contributed by atoms with Crippen molar-refractivity contribution in [2.45, 2.75) is 44.7 Å². The molecular weight excluding hydrogens is 371 g/mol. The van der Waals surface area contributed by atoms with Gasteiger partial charge in [0.25, 0.3) is 0 Å². The highest BCUT2D eigenvalue weighted by Gasteiger charge is 2.36. The number of nitrogens with two attached hydrogens (primary N) is 1. The SMILES string of the molecule is Cc1cccc(NC2CCCN([C@@H]3CCCN(c4ncnc(N)c4F)C3)C2=O)c1. The van der Waals surface area contributed by atoms with Crippen molar-refractivity contribution in [1.29, 1.82) is 0 Å². The molecule has 2 aliphatic heterocycles. The monoisotopic (exact) mass is 398 g/mol. The number of benzene rings is 1. The van der Waals surface area contributed by atoms with E-state index in [4.69, 9.17) is 5.73 Å². The maximum absolute atomic E-state index is 14.4. The number of hydrogen-bond donors (Lipinski definition) is 2. The van der Waals surface area contributed by atoms with Gasteiger partial charge in [-0.2, -0.15) is 4.39 Å². The molecule has 1 unspecified atom stereocenters. The summed E-state index contributed by atoms with van der Waals surface area (Å²) in [7, 11) is 0. The molecule has 0 saturated carbocycles. The lowest BCUT2D eigenvalue weighted by Crippen LogP contribution is -2.56. The minimum absolute atomic E-state index is 0.0361. The molecule has 2 aliphatic rings. The fourth-order valence-corrected chi connectivity index (χ4v) is 4.33. The summed E-state index contributed by atoms with van der Waals surface area (Å²) in [6, 6.07) is 7.88. The average molecular weight is 398 g/mol. The highest BCUT2D eigenvalue weighted by atomic mass is 19.1. The fraction of sp³-hybridized carbons (Fsp3) is 0.476. The maximum Gasteiger partial charge on any atom is 0.245 e. The number of piperidine rings is 2. The van der Waals surface area contributed by atoms with E-state index in [-0.39, 0.29) is 29.6 Å². The molecule has 8 heteroatoms. The largest absolute Gasteiger partial charge is 0.381 e. The Balaban J connectivity index is 1.47. The molecule has 1 amide bonds. The van der Waals surface area contributed by atoms with Crippen LogP contribution in [0.5, 0.6) is 0 Å². The topological polar surface area (TPSA) is 87.4 Å². The minimum Gasteiger partial charge on any atom is -0.381 e. The third-order valence-corrected chi connectivity index (χ3v) is 5.77. The number of hydrogen-bond acceptors (Lipinski definition) is 6. The second-order valence-electron chi connectivity index (χ2n) is 7.88. The van der Waals surface area contributed by atoms with Gasteiger partial charge in [-0.15, -0.1) is 0 Å². The van der Waals surface area contributed by atoms with E-state index >= 15 is 0 Å². The molecule has 2 fully saturated rings. The van der Waals surface area contributed by atoms with E-state index in [1.807, 2.05) is 34.9 Å². The Bertz CT molecular complexity index is 891. The zero-order valence-corrected chi connectivity index (χ0v) is 16.6. The van der Waals surface area contributed by atoms with Gasteiger partial charge >= 0.3 is 0 Å². The van der Waals surface area contributed by atoms with Crippen molar-refractivity contribution in [1.82, 2.24) is 14.9 Å². The molecule has 7 nitrogen and oxygen atoms in total. The van der Waals surface area contributed by atoms with Gasteiger partial charge in [0.05, 0.1) is 0 Å². The van der Waals surface area contributed by atoms with E-state index in [0.29, 0.717) is 13.1 Å². The number of nitrogens with one attached hydrogen (secondary N) is 1. The second kappa shape index (κ2) is 8.23. The van der Waals surface area contributed by atoms with Gasteiger partial charge in [0, 0.05) is 31.4 Å². The lowest BCUT2D eigenvalue weighted by molar-refractivity contribution is -0.137. The van der Waals surface area contributed by atoms with Gasteiger partial charge in [0.15, 0.2) is 11.6 Å². The summed E-state index contributed by atoms with van der Waals surface area (Å²) in [5, 5.41) is 3.40. The standard InChI is InChI=1S/C21H27FN6O/c1-14-5-2-6-15(11-14)26-17-8-4-10-28(21(17)29)16-7-3-9-27(12-16)20-18(22)19(23)24-13-25-20/h2,5-6,11,13,16-17,26H,3-4,7-10,12H2,1H3,(H2,23,24,25)/t16-,17?/m1/s1. The predicted molar refractivity (Wildman–Crippen MR) is 111 cm³/mol. The van der Waals surface area contributed by atoms with Gasteiger partial charge in [0.1, 0.15) is 12.4 Å². The number of halogens is 1. The van der Waals surface area contributed by atoms with Crippen molar-refractivity contribution in [3.05, 3.63) is 42.0 Å². The molecular formula is C21H27FN6O. The van der Waals surface area contributed by atoms with Crippen molar-refractivity contribution in [2.24, 2.45) is 0 Å². The van der Waals surface area contributed by atoms with Gasteiger partial charge < -0.3 is 20.9 Å². The number of carbonyl (C=O) groups is 1. The van der Waals surface area contributed by atoms with Gasteiger partial charge in [-0.05, 0) is 50.3 Å². The Hall–Kier alpha value is -2.90. The Morgan fingerprint density at radius 2 is 2.03 bits per heavy atom. The molecule has 3 heterocycles. The van der Waals surface area contributed by atoms with E-state index in [1.54, 1.807) is 0 Å². The van der Waals surface area contributed by atoms with Crippen molar-refractivity contribution < 1.29 is 9.18 Å². The molecule has 1 aromatic heterocycles. The summed E-state index contributed by atoms with van der Waals surface area (Å²) in [5.74, 6) is -0.390. The van der Waals surface area contributed by atoms with Crippen LogP contribution in [0, 0.1) is 12.7 Å². The van der Waals surface area contributed by atoms with Crippen LogP contribution in [0.15, 0.2) is 30.6 Å². The molecule has 0 spiro atoms. The zero-order valence-electron chi connectivity index (χ0n) is 16.6. The van der Waals surface area contributed by atoms with Crippen molar-refractivity contribution in [3.8, 4) is 0 Å². The molecule has 0 aliphatic carbocycles. The Morgan fingerprint density at radius 1 is 1.21 bits per heavy atom. The summed E-state index contributed by atoms with van der Waals surface area (Å²) in [5.41, 5.74) is 7.73. The molecule has 2 atom stereocenters. The average Bonchev–Trinajstić information content (AvgIpc) is 2.72. The summed E-state index contributed by atoms with van der Waals surface area (Å²) in [6.07, 6.45) is 4.82. The number of anilines is 3. The maximum atomic E-state index is 14.4. The van der Waals surface area contributed by atoms with Gasteiger partial charge in [-0.1, -0.05) is 12.1 Å². The summed E-state index contributed by atoms with van der Waals surface area (Å²) >= 11 is 0. The number of amides is 1. The molecule has 0 bridgehead atoms. The van der Waals surface area contributed by atoms with Gasteiger partial charge in [-0.3, -0.25) is 4.79 Å². The first-order valence-corrected chi connectivity index (χ1v) is 10.2. The Morgan fingerprint density at radius 3 is 2.86 bits per heavy atom. The lowest BCUT2D eigenvalue weighted by Gasteiger charge is -2.43. The molecule has 29 heavy (non-hydrogen) atoms. The number of nitrogens with zero attached hydrogens (tertiary/aromatic N) is 4. The molecule has 0 radical (unpaired) electrons. The number of aromatic nitrogens is 2. The quantitative estimate of drug-likeness (QED) is 0.823. The molecule has 2 saturated heterocycles. The zero-order chi connectivity index (χ0) is 20.4. The van der Waals surface area contributed by atoms with Gasteiger partial charge in [-0.25, -0.2) is 9.97 Å². The van der Waals surface area contributed by atoms with Gasteiger partial charge in [0.2, 0.25) is 11.7 Å². The van der Waals surface area contributed by atoms with Crippen LogP contribution < -0.4 is 16.0 Å². The molecule has 4 rings (SSSR count). The first-order chi connectivity index (χ1) is 14.0. The number of nitrogen functional groups attached to an aromatic ring is 1. The predicted octanol–water partition coefficient (Wildman–Crippen LogP) is 2.58. The number of aryl methyl sites for hydroxylation is 1. The second-order valence-corrected chi connectivity index (χ2v) is 7.88. The smallest absolute Gasteiger partial charge is 0.245 e. The number of rotatable bonds is 4. The minimum atomic E-state index is -0.586. The van der Waals surface area contributed by atoms with Crippen molar-refractivity contribution in [2.75, 3.05) is 35.6 Å². The van der Waals surface area contributed by atoms with Crippen LogP contribution >= 0.6 is 0 Å². The van der Waals surface area contributed by atoms with Crippen LogP contribution in [0.2, 0.25) is 0 Å². The summed E-state index contributed by atoms with van der Waals surface area (Å²) < 4.78 is 14.4.